The van der Waals surface area contributed by atoms with E-state index in [-0.39, 0.29) is 11.9 Å². The number of fused-ring (bicyclic) bond motifs is 1. The van der Waals surface area contributed by atoms with Crippen LogP contribution in [0.3, 0.4) is 0 Å². The van der Waals surface area contributed by atoms with E-state index >= 15 is 0 Å². The number of benzene rings is 1. The maximum Gasteiger partial charge on any atom is 0.251 e. The molecule has 1 heterocycles. The summed E-state index contributed by atoms with van der Waals surface area (Å²) in [6.07, 6.45) is 0.917. The smallest absolute Gasteiger partial charge is 0.251 e. The number of halogens is 1. The van der Waals surface area contributed by atoms with Crippen LogP contribution in [-0.4, -0.2) is 11.9 Å². The molecule has 68 valence electrons. The van der Waals surface area contributed by atoms with Gasteiger partial charge in [-0.15, -0.1) is 0 Å². The van der Waals surface area contributed by atoms with Crippen molar-refractivity contribution in [3.63, 3.8) is 0 Å². The fourth-order valence-corrected chi connectivity index (χ4v) is 2.04. The standard InChI is InChI=1S/C10H10BrNO/c1-6-4-7-5-8(11)2-3-9(7)10(13)12-6/h2-3,5-6H,4H2,1H3,(H,12,13). The van der Waals surface area contributed by atoms with Gasteiger partial charge in [0, 0.05) is 16.1 Å². The molecule has 0 saturated carbocycles. The minimum atomic E-state index is 0.0428. The van der Waals surface area contributed by atoms with Crippen LogP contribution >= 0.6 is 15.9 Å². The van der Waals surface area contributed by atoms with Crippen LogP contribution in [0, 0.1) is 0 Å². The summed E-state index contributed by atoms with van der Waals surface area (Å²) in [6.45, 7) is 2.02. The average Bonchev–Trinajstić information content (AvgIpc) is 2.02. The van der Waals surface area contributed by atoms with Gasteiger partial charge in [-0.25, -0.2) is 0 Å². The number of carbonyl (C=O) groups excluding carboxylic acids is 1. The summed E-state index contributed by atoms with van der Waals surface area (Å²) in [7, 11) is 0. The third kappa shape index (κ3) is 1.61. The van der Waals surface area contributed by atoms with Crippen LogP contribution in [0.5, 0.6) is 0 Å². The minimum Gasteiger partial charge on any atom is -0.349 e. The Morgan fingerprint density at radius 3 is 3.08 bits per heavy atom. The van der Waals surface area contributed by atoms with E-state index in [1.807, 2.05) is 25.1 Å². The van der Waals surface area contributed by atoms with Crippen molar-refractivity contribution < 1.29 is 4.79 Å². The van der Waals surface area contributed by atoms with Crippen molar-refractivity contribution in [2.75, 3.05) is 0 Å². The third-order valence-corrected chi connectivity index (χ3v) is 2.71. The maximum absolute atomic E-state index is 11.5. The molecule has 1 N–H and O–H groups in total. The first-order valence-electron chi connectivity index (χ1n) is 4.26. The molecule has 0 spiro atoms. The summed E-state index contributed by atoms with van der Waals surface area (Å²) in [6, 6.07) is 6.02. The molecule has 1 aromatic rings. The van der Waals surface area contributed by atoms with E-state index in [0.29, 0.717) is 0 Å². The molecule has 1 aromatic carbocycles. The van der Waals surface area contributed by atoms with Gasteiger partial charge in [0.15, 0.2) is 0 Å². The van der Waals surface area contributed by atoms with E-state index in [0.717, 1.165) is 22.0 Å². The van der Waals surface area contributed by atoms with Crippen LogP contribution in [0.25, 0.3) is 0 Å². The van der Waals surface area contributed by atoms with Gasteiger partial charge in [-0.05, 0) is 37.1 Å². The molecule has 13 heavy (non-hydrogen) atoms. The quantitative estimate of drug-likeness (QED) is 0.739. The van der Waals surface area contributed by atoms with Gasteiger partial charge in [-0.2, -0.15) is 0 Å². The molecule has 1 aliphatic heterocycles. The van der Waals surface area contributed by atoms with Gasteiger partial charge < -0.3 is 5.32 Å². The molecule has 0 aromatic heterocycles. The fraction of sp³-hybridized carbons (Fsp3) is 0.300. The van der Waals surface area contributed by atoms with E-state index in [4.69, 9.17) is 0 Å². The number of rotatable bonds is 0. The number of amides is 1. The SMILES string of the molecule is CC1Cc2cc(Br)ccc2C(=O)N1. The van der Waals surface area contributed by atoms with Crippen LogP contribution in [0.15, 0.2) is 22.7 Å². The molecule has 1 amide bonds. The molecule has 0 aliphatic carbocycles. The van der Waals surface area contributed by atoms with E-state index in [1.54, 1.807) is 0 Å². The van der Waals surface area contributed by atoms with Crippen molar-refractivity contribution in [3.8, 4) is 0 Å². The van der Waals surface area contributed by atoms with Crippen LogP contribution in [0.2, 0.25) is 0 Å². The van der Waals surface area contributed by atoms with E-state index < -0.39 is 0 Å². The Bertz CT molecular complexity index is 362. The lowest BCUT2D eigenvalue weighted by Gasteiger charge is -2.22. The fourth-order valence-electron chi connectivity index (χ4n) is 1.64. The summed E-state index contributed by atoms with van der Waals surface area (Å²) in [4.78, 5) is 11.5. The second-order valence-electron chi connectivity index (χ2n) is 3.38. The molecule has 0 radical (unpaired) electrons. The summed E-state index contributed by atoms with van der Waals surface area (Å²) >= 11 is 3.40. The van der Waals surface area contributed by atoms with Gasteiger partial charge in [0.2, 0.25) is 0 Å². The zero-order chi connectivity index (χ0) is 9.42. The Balaban J connectivity index is 2.49. The predicted octanol–water partition coefficient (Wildman–Crippen LogP) is 2.12. The molecule has 2 rings (SSSR count). The van der Waals surface area contributed by atoms with E-state index in [2.05, 4.69) is 21.2 Å². The molecule has 0 bridgehead atoms. The van der Waals surface area contributed by atoms with E-state index in [1.165, 1.54) is 0 Å². The Morgan fingerprint density at radius 1 is 1.54 bits per heavy atom. The predicted molar refractivity (Wildman–Crippen MR) is 54.8 cm³/mol. The molecule has 3 heteroatoms. The molecule has 2 nitrogen and oxygen atoms in total. The first-order valence-corrected chi connectivity index (χ1v) is 5.05. The van der Waals surface area contributed by atoms with Crippen molar-refractivity contribution in [1.29, 1.82) is 0 Å². The second-order valence-corrected chi connectivity index (χ2v) is 4.30. The highest BCUT2D eigenvalue weighted by molar-refractivity contribution is 9.10. The molecule has 0 saturated heterocycles. The van der Waals surface area contributed by atoms with Crippen molar-refractivity contribution in [3.05, 3.63) is 33.8 Å². The topological polar surface area (TPSA) is 29.1 Å². The number of nitrogens with one attached hydrogen (secondary N) is 1. The summed E-state index contributed by atoms with van der Waals surface area (Å²) in [5.41, 5.74) is 1.94. The highest BCUT2D eigenvalue weighted by Gasteiger charge is 2.20. The van der Waals surface area contributed by atoms with Crippen LogP contribution in [0.4, 0.5) is 0 Å². The van der Waals surface area contributed by atoms with E-state index in [9.17, 15) is 4.79 Å². The highest BCUT2D eigenvalue weighted by atomic mass is 79.9. The Kier molecular flexibility index (Phi) is 2.12. The largest absolute Gasteiger partial charge is 0.349 e. The van der Waals surface area contributed by atoms with Gasteiger partial charge in [-0.3, -0.25) is 4.79 Å². The van der Waals surface area contributed by atoms with Crippen molar-refractivity contribution in [2.24, 2.45) is 0 Å². The monoisotopic (exact) mass is 239 g/mol. The molecule has 1 aliphatic rings. The van der Waals surface area contributed by atoms with Gasteiger partial charge in [-0.1, -0.05) is 15.9 Å². The number of hydrogen-bond acceptors (Lipinski definition) is 1. The summed E-state index contributed by atoms with van der Waals surface area (Å²) < 4.78 is 1.04. The molecule has 1 unspecified atom stereocenters. The van der Waals surface area contributed by atoms with Gasteiger partial charge in [0.1, 0.15) is 0 Å². The first-order chi connectivity index (χ1) is 6.16. The molecule has 1 atom stereocenters. The van der Waals surface area contributed by atoms with Crippen LogP contribution in [0.1, 0.15) is 22.8 Å². The third-order valence-electron chi connectivity index (χ3n) is 2.22. The minimum absolute atomic E-state index is 0.0428. The highest BCUT2D eigenvalue weighted by Crippen LogP contribution is 2.21. The normalized spacial score (nSPS) is 20.8. The lowest BCUT2D eigenvalue weighted by Crippen LogP contribution is -2.39. The average molecular weight is 240 g/mol. The first kappa shape index (κ1) is 8.75. The Hall–Kier alpha value is -0.830. The van der Waals surface area contributed by atoms with Crippen LogP contribution in [-0.2, 0) is 6.42 Å². The van der Waals surface area contributed by atoms with Gasteiger partial charge >= 0.3 is 0 Å². The molecule has 0 fully saturated rings. The summed E-state index contributed by atoms with van der Waals surface area (Å²) in [5, 5.41) is 2.90. The molecular formula is C10H10BrNO. The van der Waals surface area contributed by atoms with Gasteiger partial charge in [0.25, 0.3) is 5.91 Å². The van der Waals surface area contributed by atoms with Crippen LogP contribution < -0.4 is 5.32 Å². The number of hydrogen-bond donors (Lipinski definition) is 1. The zero-order valence-corrected chi connectivity index (χ0v) is 8.89. The Morgan fingerprint density at radius 2 is 2.31 bits per heavy atom. The zero-order valence-electron chi connectivity index (χ0n) is 7.30. The van der Waals surface area contributed by atoms with Gasteiger partial charge in [0.05, 0.1) is 0 Å². The van der Waals surface area contributed by atoms with Crippen molar-refractivity contribution in [2.45, 2.75) is 19.4 Å². The number of carbonyl (C=O) groups is 1. The molecular weight excluding hydrogens is 230 g/mol. The lowest BCUT2D eigenvalue weighted by atomic mass is 9.96. The Labute approximate surface area is 85.5 Å². The maximum atomic E-state index is 11.5. The lowest BCUT2D eigenvalue weighted by molar-refractivity contribution is 0.0929. The van der Waals surface area contributed by atoms with Crippen molar-refractivity contribution in [1.82, 2.24) is 5.32 Å². The van der Waals surface area contributed by atoms with Crippen molar-refractivity contribution >= 4 is 21.8 Å². The summed E-state index contributed by atoms with van der Waals surface area (Å²) in [5.74, 6) is 0.0428. The second kappa shape index (κ2) is 3.14.